The molecule has 2 heterocycles. The van der Waals surface area contributed by atoms with Crippen LogP contribution in [0.15, 0.2) is 21.0 Å². The van der Waals surface area contributed by atoms with Gasteiger partial charge in [0.1, 0.15) is 5.76 Å². The van der Waals surface area contributed by atoms with E-state index in [0.29, 0.717) is 24.6 Å². The third-order valence-electron chi connectivity index (χ3n) is 3.55. The highest BCUT2D eigenvalue weighted by atomic mass is 79.9. The number of hydrogen-bond acceptors (Lipinski definition) is 4. The van der Waals surface area contributed by atoms with Gasteiger partial charge in [-0.25, -0.2) is 0 Å². The Morgan fingerprint density at radius 2 is 2.13 bits per heavy atom. The average molecular weight is 383 g/mol. The second-order valence-electron chi connectivity index (χ2n) is 5.82. The molecule has 0 unspecified atom stereocenters. The van der Waals surface area contributed by atoms with Gasteiger partial charge in [-0.1, -0.05) is 0 Å². The maximum atomic E-state index is 12.0. The fourth-order valence-electron chi connectivity index (χ4n) is 2.25. The summed E-state index contributed by atoms with van der Waals surface area (Å²) in [6, 6.07) is 3.52. The number of aryl methyl sites for hydroxylation is 1. The Hall–Kier alpha value is -1.60. The lowest BCUT2D eigenvalue weighted by Crippen LogP contribution is -2.26. The van der Waals surface area contributed by atoms with E-state index < -0.39 is 0 Å². The smallest absolute Gasteiger partial charge is 0.286 e. The molecule has 0 saturated heterocycles. The van der Waals surface area contributed by atoms with Crippen LogP contribution in [-0.2, 0) is 6.54 Å². The summed E-state index contributed by atoms with van der Waals surface area (Å²) in [6.07, 6.45) is 0.909. The van der Waals surface area contributed by atoms with Crippen LogP contribution < -0.4 is 5.32 Å². The van der Waals surface area contributed by atoms with Gasteiger partial charge in [-0.3, -0.25) is 9.48 Å². The van der Waals surface area contributed by atoms with E-state index in [0.717, 1.165) is 28.8 Å². The molecule has 0 bridgehead atoms. The van der Waals surface area contributed by atoms with Crippen LogP contribution in [0.2, 0.25) is 0 Å². The first-order chi connectivity index (χ1) is 10.9. The maximum Gasteiger partial charge on any atom is 0.286 e. The van der Waals surface area contributed by atoms with Crippen molar-refractivity contribution in [3.63, 3.8) is 0 Å². The Labute approximate surface area is 145 Å². The van der Waals surface area contributed by atoms with Crippen molar-refractivity contribution in [1.29, 1.82) is 0 Å². The second kappa shape index (κ2) is 7.79. The van der Waals surface area contributed by atoms with Crippen LogP contribution in [-0.4, -0.2) is 47.8 Å². The highest BCUT2D eigenvalue weighted by molar-refractivity contribution is 9.10. The Balaban J connectivity index is 1.92. The van der Waals surface area contributed by atoms with Gasteiger partial charge in [-0.05, 0) is 69.0 Å². The second-order valence-corrected chi connectivity index (χ2v) is 6.61. The molecule has 0 saturated carbocycles. The van der Waals surface area contributed by atoms with E-state index in [4.69, 9.17) is 4.42 Å². The first-order valence-electron chi connectivity index (χ1n) is 7.59. The van der Waals surface area contributed by atoms with Crippen LogP contribution in [0, 0.1) is 13.8 Å². The number of aromatic nitrogens is 2. The molecule has 2 aromatic heterocycles. The van der Waals surface area contributed by atoms with Crippen molar-refractivity contribution in [3.05, 3.63) is 39.5 Å². The minimum absolute atomic E-state index is 0.176. The number of carbonyl (C=O) groups excluding carboxylic acids is 1. The van der Waals surface area contributed by atoms with Gasteiger partial charge in [0.2, 0.25) is 0 Å². The monoisotopic (exact) mass is 382 g/mol. The van der Waals surface area contributed by atoms with Crippen LogP contribution in [0.25, 0.3) is 0 Å². The molecular weight excluding hydrogens is 360 g/mol. The summed E-state index contributed by atoms with van der Waals surface area (Å²) in [6.45, 7) is 6.02. The first kappa shape index (κ1) is 17.7. The Morgan fingerprint density at radius 3 is 2.74 bits per heavy atom. The average Bonchev–Trinajstić information content (AvgIpc) is 3.05. The van der Waals surface area contributed by atoms with Crippen LogP contribution >= 0.6 is 15.9 Å². The molecular formula is C16H23BrN4O2. The van der Waals surface area contributed by atoms with Gasteiger partial charge in [-0.15, -0.1) is 0 Å². The van der Waals surface area contributed by atoms with Crippen molar-refractivity contribution in [2.45, 2.75) is 26.8 Å². The molecule has 0 fully saturated rings. The van der Waals surface area contributed by atoms with Crippen molar-refractivity contribution >= 4 is 21.8 Å². The minimum atomic E-state index is -0.176. The third kappa shape index (κ3) is 4.68. The Kier molecular flexibility index (Phi) is 6.01. The quantitative estimate of drug-likeness (QED) is 0.747. The van der Waals surface area contributed by atoms with Gasteiger partial charge in [0, 0.05) is 6.54 Å². The lowest BCUT2D eigenvalue weighted by Gasteiger charge is -2.09. The van der Waals surface area contributed by atoms with Crippen molar-refractivity contribution in [2.75, 3.05) is 27.2 Å². The molecule has 7 heteroatoms. The van der Waals surface area contributed by atoms with E-state index in [2.05, 4.69) is 31.2 Å². The van der Waals surface area contributed by atoms with Crippen LogP contribution in [0.3, 0.4) is 0 Å². The van der Waals surface area contributed by atoms with E-state index in [-0.39, 0.29) is 5.91 Å². The fourth-order valence-corrected chi connectivity index (χ4v) is 2.53. The summed E-state index contributed by atoms with van der Waals surface area (Å²) in [5, 5.41) is 7.31. The number of hydrogen-bond donors (Lipinski definition) is 1. The SMILES string of the molecule is Cc1nn(Cc2ccc(C(=O)NCCCN(C)C)o2)c(C)c1Br. The fraction of sp³-hybridized carbons (Fsp3) is 0.500. The number of amides is 1. The number of carbonyl (C=O) groups is 1. The summed E-state index contributed by atoms with van der Waals surface area (Å²) in [4.78, 5) is 14.1. The Bertz CT molecular complexity index is 676. The maximum absolute atomic E-state index is 12.0. The van der Waals surface area contributed by atoms with Gasteiger partial charge in [-0.2, -0.15) is 5.10 Å². The lowest BCUT2D eigenvalue weighted by molar-refractivity contribution is 0.0922. The molecule has 0 aliphatic heterocycles. The van der Waals surface area contributed by atoms with E-state index >= 15 is 0 Å². The molecule has 23 heavy (non-hydrogen) atoms. The lowest BCUT2D eigenvalue weighted by atomic mass is 10.3. The third-order valence-corrected chi connectivity index (χ3v) is 4.70. The van der Waals surface area contributed by atoms with E-state index in [1.807, 2.05) is 38.7 Å². The molecule has 126 valence electrons. The molecule has 2 rings (SSSR count). The van der Waals surface area contributed by atoms with E-state index in [1.165, 1.54) is 0 Å². The molecule has 0 aromatic carbocycles. The predicted octanol–water partition coefficient (Wildman–Crippen LogP) is 2.59. The van der Waals surface area contributed by atoms with Crippen molar-refractivity contribution in [2.24, 2.45) is 0 Å². The zero-order valence-corrected chi connectivity index (χ0v) is 15.6. The van der Waals surface area contributed by atoms with E-state index in [9.17, 15) is 4.79 Å². The van der Waals surface area contributed by atoms with Crippen molar-refractivity contribution in [3.8, 4) is 0 Å². The molecule has 0 aliphatic carbocycles. The Morgan fingerprint density at radius 1 is 1.39 bits per heavy atom. The molecule has 1 amide bonds. The number of nitrogens with zero attached hydrogens (tertiary/aromatic N) is 3. The van der Waals surface area contributed by atoms with Gasteiger partial charge in [0.25, 0.3) is 5.91 Å². The molecule has 2 aromatic rings. The number of nitrogens with one attached hydrogen (secondary N) is 1. The first-order valence-corrected chi connectivity index (χ1v) is 8.39. The van der Waals surface area contributed by atoms with Crippen LogP contribution in [0.5, 0.6) is 0 Å². The highest BCUT2D eigenvalue weighted by Crippen LogP contribution is 2.21. The van der Waals surface area contributed by atoms with Crippen LogP contribution in [0.4, 0.5) is 0 Å². The standard InChI is InChI=1S/C16H23BrN4O2/c1-11-15(17)12(2)21(19-11)10-13-6-7-14(23-13)16(22)18-8-5-9-20(3)4/h6-7H,5,8-10H2,1-4H3,(H,18,22). The van der Waals surface area contributed by atoms with Crippen LogP contribution in [0.1, 0.15) is 34.1 Å². The summed E-state index contributed by atoms with van der Waals surface area (Å²) in [5.74, 6) is 0.872. The minimum Gasteiger partial charge on any atom is -0.454 e. The van der Waals surface area contributed by atoms with Gasteiger partial charge in [0.15, 0.2) is 5.76 Å². The topological polar surface area (TPSA) is 63.3 Å². The van der Waals surface area contributed by atoms with Crippen molar-refractivity contribution < 1.29 is 9.21 Å². The number of rotatable bonds is 7. The molecule has 1 N–H and O–H groups in total. The largest absolute Gasteiger partial charge is 0.454 e. The van der Waals surface area contributed by atoms with Crippen molar-refractivity contribution in [1.82, 2.24) is 20.0 Å². The molecule has 0 atom stereocenters. The van der Waals surface area contributed by atoms with Gasteiger partial charge >= 0.3 is 0 Å². The molecule has 0 radical (unpaired) electrons. The molecule has 0 spiro atoms. The van der Waals surface area contributed by atoms with Gasteiger partial charge < -0.3 is 14.6 Å². The normalized spacial score (nSPS) is 11.2. The summed E-state index contributed by atoms with van der Waals surface area (Å²) in [7, 11) is 4.02. The zero-order valence-electron chi connectivity index (χ0n) is 14.0. The summed E-state index contributed by atoms with van der Waals surface area (Å²) in [5.41, 5.74) is 1.97. The van der Waals surface area contributed by atoms with E-state index in [1.54, 1.807) is 6.07 Å². The molecule has 0 aliphatic rings. The number of furan rings is 1. The van der Waals surface area contributed by atoms with Gasteiger partial charge in [0.05, 0.1) is 22.4 Å². The summed E-state index contributed by atoms with van der Waals surface area (Å²) < 4.78 is 8.49. The highest BCUT2D eigenvalue weighted by Gasteiger charge is 2.13. The molecule has 6 nitrogen and oxygen atoms in total. The zero-order chi connectivity index (χ0) is 17.0. The summed E-state index contributed by atoms with van der Waals surface area (Å²) >= 11 is 3.51. The predicted molar refractivity (Wildman–Crippen MR) is 92.7 cm³/mol. The number of halogens is 1.